The molecule has 0 spiro atoms. The molecule has 1 N–H and O–H groups in total. The Morgan fingerprint density at radius 1 is 1.31 bits per heavy atom. The Morgan fingerprint density at radius 3 is 2.88 bits per heavy atom. The molecule has 0 bridgehead atoms. The number of likely N-dealkylation sites (tertiary alicyclic amines) is 1. The lowest BCUT2D eigenvalue weighted by Gasteiger charge is -2.33. The summed E-state index contributed by atoms with van der Waals surface area (Å²) in [7, 11) is 0. The van der Waals surface area contributed by atoms with E-state index in [1.54, 1.807) is 0 Å². The standard InChI is InChI=1S/C20H29N3O3/c1-3-13-26-16-7-5-11-22(14-16)20(25)21-17-8-4-9-18(15(17)2)23-12-6-10-19(23)24/h4,8-9,16H,3,5-7,10-14H2,1-2H3,(H,21,25). The van der Waals surface area contributed by atoms with Crippen molar-refractivity contribution in [3.63, 3.8) is 0 Å². The van der Waals surface area contributed by atoms with Gasteiger partial charge >= 0.3 is 6.03 Å². The van der Waals surface area contributed by atoms with E-state index in [0.717, 1.165) is 62.3 Å². The van der Waals surface area contributed by atoms with Crippen molar-refractivity contribution in [1.29, 1.82) is 0 Å². The first-order valence-electron chi connectivity index (χ1n) is 9.67. The number of hydrogen-bond acceptors (Lipinski definition) is 3. The molecule has 1 aromatic carbocycles. The van der Waals surface area contributed by atoms with Crippen molar-refractivity contribution < 1.29 is 14.3 Å². The summed E-state index contributed by atoms with van der Waals surface area (Å²) >= 11 is 0. The lowest BCUT2D eigenvalue weighted by molar-refractivity contribution is -0.117. The Balaban J connectivity index is 1.66. The second-order valence-corrected chi connectivity index (χ2v) is 7.11. The van der Waals surface area contributed by atoms with Crippen LogP contribution in [0.25, 0.3) is 0 Å². The molecule has 26 heavy (non-hydrogen) atoms. The van der Waals surface area contributed by atoms with Crippen molar-refractivity contribution in [3.8, 4) is 0 Å². The zero-order valence-electron chi connectivity index (χ0n) is 15.8. The van der Waals surface area contributed by atoms with E-state index in [4.69, 9.17) is 4.74 Å². The smallest absolute Gasteiger partial charge is 0.321 e. The largest absolute Gasteiger partial charge is 0.376 e. The lowest BCUT2D eigenvalue weighted by atomic mass is 10.1. The molecule has 3 rings (SSSR count). The van der Waals surface area contributed by atoms with Crippen LogP contribution in [-0.4, -0.2) is 49.2 Å². The first kappa shape index (κ1) is 18.7. The predicted molar refractivity (Wildman–Crippen MR) is 103 cm³/mol. The number of benzene rings is 1. The molecule has 1 unspecified atom stereocenters. The molecule has 0 aromatic heterocycles. The van der Waals surface area contributed by atoms with Crippen LogP contribution in [0, 0.1) is 6.92 Å². The average Bonchev–Trinajstić information content (AvgIpc) is 3.07. The van der Waals surface area contributed by atoms with Crippen LogP contribution in [0.1, 0.15) is 44.6 Å². The highest BCUT2D eigenvalue weighted by Gasteiger charge is 2.26. The normalized spacial score (nSPS) is 20.5. The highest BCUT2D eigenvalue weighted by Crippen LogP contribution is 2.30. The van der Waals surface area contributed by atoms with Gasteiger partial charge in [0, 0.05) is 44.0 Å². The summed E-state index contributed by atoms with van der Waals surface area (Å²) in [6, 6.07) is 5.64. The molecule has 142 valence electrons. The van der Waals surface area contributed by atoms with Crippen molar-refractivity contribution in [2.24, 2.45) is 0 Å². The minimum absolute atomic E-state index is 0.0946. The van der Waals surface area contributed by atoms with Gasteiger partial charge < -0.3 is 19.9 Å². The van der Waals surface area contributed by atoms with Crippen molar-refractivity contribution in [3.05, 3.63) is 23.8 Å². The van der Waals surface area contributed by atoms with Gasteiger partial charge in [0.2, 0.25) is 5.91 Å². The summed E-state index contributed by atoms with van der Waals surface area (Å²) in [5.41, 5.74) is 2.60. The Bertz CT molecular complexity index is 662. The Hall–Kier alpha value is -2.08. The van der Waals surface area contributed by atoms with Gasteiger partial charge in [0.25, 0.3) is 0 Å². The van der Waals surface area contributed by atoms with Gasteiger partial charge in [-0.3, -0.25) is 4.79 Å². The van der Waals surface area contributed by atoms with Gasteiger partial charge in [-0.2, -0.15) is 0 Å². The number of anilines is 2. The number of rotatable bonds is 5. The van der Waals surface area contributed by atoms with Gasteiger partial charge in [-0.1, -0.05) is 13.0 Å². The summed E-state index contributed by atoms with van der Waals surface area (Å²) in [6.45, 7) is 6.93. The summed E-state index contributed by atoms with van der Waals surface area (Å²) in [4.78, 5) is 28.4. The first-order chi connectivity index (χ1) is 12.6. The maximum Gasteiger partial charge on any atom is 0.321 e. The Labute approximate surface area is 155 Å². The molecular weight excluding hydrogens is 330 g/mol. The summed E-state index contributed by atoms with van der Waals surface area (Å²) in [5, 5.41) is 3.03. The molecule has 0 radical (unpaired) electrons. The van der Waals surface area contributed by atoms with Gasteiger partial charge in [-0.05, 0) is 50.3 Å². The monoisotopic (exact) mass is 359 g/mol. The fourth-order valence-corrected chi connectivity index (χ4v) is 3.69. The van der Waals surface area contributed by atoms with E-state index < -0.39 is 0 Å². The predicted octanol–water partition coefficient (Wildman–Crippen LogP) is 3.54. The fraction of sp³-hybridized carbons (Fsp3) is 0.600. The molecule has 6 nitrogen and oxygen atoms in total. The van der Waals surface area contributed by atoms with Crippen LogP contribution in [0.2, 0.25) is 0 Å². The van der Waals surface area contributed by atoms with Crippen LogP contribution in [0.15, 0.2) is 18.2 Å². The van der Waals surface area contributed by atoms with E-state index in [-0.39, 0.29) is 18.0 Å². The molecule has 6 heteroatoms. The van der Waals surface area contributed by atoms with Gasteiger partial charge in [0.15, 0.2) is 0 Å². The summed E-state index contributed by atoms with van der Waals surface area (Å²) in [6.07, 6.45) is 4.58. The first-order valence-corrected chi connectivity index (χ1v) is 9.67. The van der Waals surface area contributed by atoms with Crippen molar-refractivity contribution in [2.75, 3.05) is 36.5 Å². The number of nitrogens with one attached hydrogen (secondary N) is 1. The zero-order chi connectivity index (χ0) is 18.5. The highest BCUT2D eigenvalue weighted by atomic mass is 16.5. The van der Waals surface area contributed by atoms with E-state index in [0.29, 0.717) is 13.0 Å². The topological polar surface area (TPSA) is 61.9 Å². The van der Waals surface area contributed by atoms with E-state index in [1.165, 1.54) is 0 Å². The zero-order valence-corrected chi connectivity index (χ0v) is 15.8. The van der Waals surface area contributed by atoms with Gasteiger partial charge in [0.1, 0.15) is 0 Å². The van der Waals surface area contributed by atoms with Crippen LogP contribution in [-0.2, 0) is 9.53 Å². The molecule has 2 saturated heterocycles. The second-order valence-electron chi connectivity index (χ2n) is 7.11. The SMILES string of the molecule is CCCOC1CCCN(C(=O)Nc2cccc(N3CCCC3=O)c2C)C1. The Kier molecular flexibility index (Phi) is 6.14. The van der Waals surface area contributed by atoms with Crippen LogP contribution in [0.3, 0.4) is 0 Å². The molecule has 1 aromatic rings. The van der Waals surface area contributed by atoms with Crippen molar-refractivity contribution in [1.82, 2.24) is 4.90 Å². The van der Waals surface area contributed by atoms with Gasteiger partial charge in [-0.25, -0.2) is 4.79 Å². The summed E-state index contributed by atoms with van der Waals surface area (Å²) < 4.78 is 5.82. The minimum atomic E-state index is -0.0946. The molecule has 2 fully saturated rings. The van der Waals surface area contributed by atoms with Crippen LogP contribution in [0.4, 0.5) is 16.2 Å². The number of urea groups is 1. The molecule has 3 amide bonds. The number of carbonyl (C=O) groups excluding carboxylic acids is 2. The highest BCUT2D eigenvalue weighted by molar-refractivity contribution is 5.98. The Morgan fingerprint density at radius 2 is 2.15 bits per heavy atom. The third-order valence-corrected chi connectivity index (χ3v) is 5.13. The third-order valence-electron chi connectivity index (χ3n) is 5.13. The molecule has 2 heterocycles. The number of carbonyl (C=O) groups is 2. The second kappa shape index (κ2) is 8.54. The van der Waals surface area contributed by atoms with Gasteiger partial charge in [-0.15, -0.1) is 0 Å². The van der Waals surface area contributed by atoms with Crippen LogP contribution < -0.4 is 10.2 Å². The summed E-state index contributed by atoms with van der Waals surface area (Å²) in [5.74, 6) is 0.156. The van der Waals surface area contributed by atoms with E-state index >= 15 is 0 Å². The minimum Gasteiger partial charge on any atom is -0.376 e. The lowest BCUT2D eigenvalue weighted by Crippen LogP contribution is -2.45. The number of amides is 3. The number of nitrogens with zero attached hydrogens (tertiary/aromatic N) is 2. The molecule has 0 saturated carbocycles. The quantitative estimate of drug-likeness (QED) is 0.875. The maximum atomic E-state index is 12.7. The molecular formula is C20H29N3O3. The average molecular weight is 359 g/mol. The third kappa shape index (κ3) is 4.18. The maximum absolute atomic E-state index is 12.7. The van der Waals surface area contributed by atoms with Crippen LogP contribution >= 0.6 is 0 Å². The van der Waals surface area contributed by atoms with Crippen LogP contribution in [0.5, 0.6) is 0 Å². The van der Waals surface area contributed by atoms with E-state index in [1.807, 2.05) is 34.9 Å². The van der Waals surface area contributed by atoms with Crippen molar-refractivity contribution >= 4 is 23.3 Å². The van der Waals surface area contributed by atoms with E-state index in [9.17, 15) is 9.59 Å². The van der Waals surface area contributed by atoms with Gasteiger partial charge in [0.05, 0.1) is 6.10 Å². The molecule has 0 aliphatic carbocycles. The number of piperidine rings is 1. The number of ether oxygens (including phenoxy) is 1. The fourth-order valence-electron chi connectivity index (χ4n) is 3.69. The molecule has 2 aliphatic heterocycles. The number of hydrogen-bond donors (Lipinski definition) is 1. The molecule has 1 atom stereocenters. The van der Waals surface area contributed by atoms with E-state index in [2.05, 4.69) is 12.2 Å². The van der Waals surface area contributed by atoms with Crippen molar-refractivity contribution in [2.45, 2.75) is 52.1 Å². The molecule has 2 aliphatic rings.